The Morgan fingerprint density at radius 2 is 2.26 bits per heavy atom. The highest BCUT2D eigenvalue weighted by atomic mass is 79.9. The second-order valence-corrected chi connectivity index (χ2v) is 4.95. The molecule has 6 nitrogen and oxygen atoms in total. The van der Waals surface area contributed by atoms with Crippen LogP contribution in [0.5, 0.6) is 0 Å². The Balaban J connectivity index is 2.24. The van der Waals surface area contributed by atoms with Crippen molar-refractivity contribution < 1.29 is 9.90 Å². The zero-order chi connectivity index (χ0) is 13.8. The van der Waals surface area contributed by atoms with Gasteiger partial charge in [0.05, 0.1) is 0 Å². The first kappa shape index (κ1) is 13.7. The Labute approximate surface area is 118 Å². The predicted molar refractivity (Wildman–Crippen MR) is 72.6 cm³/mol. The Bertz CT molecular complexity index is 597. The third-order valence-corrected chi connectivity index (χ3v) is 3.78. The number of nitrogens with zero attached hydrogens (tertiary/aromatic N) is 4. The molecule has 0 aliphatic carbocycles. The molecule has 19 heavy (non-hydrogen) atoms. The summed E-state index contributed by atoms with van der Waals surface area (Å²) in [4.78, 5) is 10.5. The van der Waals surface area contributed by atoms with E-state index in [1.54, 1.807) is 4.68 Å². The molecule has 0 aliphatic rings. The number of tetrazole rings is 1. The maximum atomic E-state index is 10.5. The average Bonchev–Trinajstić information content (AvgIpc) is 2.80. The van der Waals surface area contributed by atoms with Gasteiger partial charge in [-0.3, -0.25) is 4.79 Å². The largest absolute Gasteiger partial charge is 0.481 e. The van der Waals surface area contributed by atoms with Crippen LogP contribution in [0.15, 0.2) is 22.7 Å². The molecular weight excluding hydrogens is 312 g/mol. The molecule has 7 heteroatoms. The van der Waals surface area contributed by atoms with Crippen LogP contribution < -0.4 is 0 Å². The van der Waals surface area contributed by atoms with Crippen molar-refractivity contribution in [1.82, 2.24) is 20.2 Å². The summed E-state index contributed by atoms with van der Waals surface area (Å²) in [5, 5.41) is 20.2. The number of carboxylic acid groups (broad SMARTS) is 1. The van der Waals surface area contributed by atoms with Gasteiger partial charge in [-0.05, 0) is 51.3 Å². The molecule has 0 atom stereocenters. The number of benzene rings is 1. The van der Waals surface area contributed by atoms with Crippen molar-refractivity contribution in [2.45, 2.75) is 26.3 Å². The molecule has 1 aromatic heterocycles. The van der Waals surface area contributed by atoms with E-state index in [0.29, 0.717) is 18.8 Å². The molecule has 0 saturated carbocycles. The summed E-state index contributed by atoms with van der Waals surface area (Å²) in [6.07, 6.45) is 0.602. The molecular formula is C12H13BrN4O2. The standard InChI is InChI=1S/C12H13BrN4O2/c1-8-4-2-5-9(11(8)13)12-14-15-16-17(12)7-3-6-10(18)19/h2,4-5H,3,6-7H2,1H3,(H,18,19). The Kier molecular flexibility index (Phi) is 4.26. The Hall–Kier alpha value is -1.76. The summed E-state index contributed by atoms with van der Waals surface area (Å²) in [5.41, 5.74) is 2.00. The van der Waals surface area contributed by atoms with Crippen LogP contribution in [0.1, 0.15) is 18.4 Å². The van der Waals surface area contributed by atoms with Crippen molar-refractivity contribution in [3.63, 3.8) is 0 Å². The zero-order valence-electron chi connectivity index (χ0n) is 10.4. The molecule has 1 heterocycles. The summed E-state index contributed by atoms with van der Waals surface area (Å²) < 4.78 is 2.58. The molecule has 2 aromatic rings. The van der Waals surface area contributed by atoms with Gasteiger partial charge in [0.1, 0.15) is 0 Å². The van der Waals surface area contributed by atoms with Crippen LogP contribution in [-0.4, -0.2) is 31.3 Å². The maximum absolute atomic E-state index is 10.5. The number of aryl methyl sites for hydroxylation is 2. The van der Waals surface area contributed by atoms with Gasteiger partial charge < -0.3 is 5.11 Å². The molecule has 0 unspecified atom stereocenters. The first-order valence-electron chi connectivity index (χ1n) is 5.83. The van der Waals surface area contributed by atoms with Gasteiger partial charge in [-0.15, -0.1) is 5.10 Å². The minimum Gasteiger partial charge on any atom is -0.481 e. The smallest absolute Gasteiger partial charge is 0.303 e. The van der Waals surface area contributed by atoms with Gasteiger partial charge in [-0.25, -0.2) is 4.68 Å². The van der Waals surface area contributed by atoms with E-state index >= 15 is 0 Å². The molecule has 1 N–H and O–H groups in total. The number of carbonyl (C=O) groups is 1. The second-order valence-electron chi connectivity index (χ2n) is 4.16. The highest BCUT2D eigenvalue weighted by Gasteiger charge is 2.13. The molecule has 0 saturated heterocycles. The fraction of sp³-hybridized carbons (Fsp3) is 0.333. The lowest BCUT2D eigenvalue weighted by molar-refractivity contribution is -0.137. The second kappa shape index (κ2) is 5.92. The van der Waals surface area contributed by atoms with Crippen molar-refractivity contribution in [2.24, 2.45) is 0 Å². The van der Waals surface area contributed by atoms with Crippen LogP contribution in [-0.2, 0) is 11.3 Å². The predicted octanol–water partition coefficient (Wildman–Crippen LogP) is 2.28. The summed E-state index contributed by atoms with van der Waals surface area (Å²) in [6.45, 7) is 2.47. The van der Waals surface area contributed by atoms with Crippen molar-refractivity contribution in [2.75, 3.05) is 0 Å². The summed E-state index contributed by atoms with van der Waals surface area (Å²) in [7, 11) is 0. The SMILES string of the molecule is Cc1cccc(-c2nnnn2CCCC(=O)O)c1Br. The van der Waals surface area contributed by atoms with Crippen LogP contribution >= 0.6 is 15.9 Å². The molecule has 1 aromatic carbocycles. The Morgan fingerprint density at radius 3 is 3.00 bits per heavy atom. The van der Waals surface area contributed by atoms with Gasteiger partial charge in [-0.1, -0.05) is 12.1 Å². The van der Waals surface area contributed by atoms with Gasteiger partial charge in [0.2, 0.25) is 0 Å². The average molecular weight is 325 g/mol. The third kappa shape index (κ3) is 3.17. The molecule has 2 rings (SSSR count). The van der Waals surface area contributed by atoms with Crippen molar-refractivity contribution in [3.05, 3.63) is 28.2 Å². The first-order chi connectivity index (χ1) is 9.09. The van der Waals surface area contributed by atoms with Gasteiger partial charge in [0.15, 0.2) is 5.82 Å². The van der Waals surface area contributed by atoms with E-state index in [0.717, 1.165) is 15.6 Å². The monoisotopic (exact) mass is 324 g/mol. The number of hydrogen-bond acceptors (Lipinski definition) is 4. The van der Waals surface area contributed by atoms with Crippen molar-refractivity contribution in [1.29, 1.82) is 0 Å². The van der Waals surface area contributed by atoms with E-state index in [1.807, 2.05) is 25.1 Å². The lowest BCUT2D eigenvalue weighted by atomic mass is 10.1. The van der Waals surface area contributed by atoms with Crippen LogP contribution in [0.25, 0.3) is 11.4 Å². The number of hydrogen-bond donors (Lipinski definition) is 1. The normalized spacial score (nSPS) is 10.6. The number of rotatable bonds is 5. The van der Waals surface area contributed by atoms with Gasteiger partial charge >= 0.3 is 5.97 Å². The fourth-order valence-electron chi connectivity index (χ4n) is 1.75. The van der Waals surface area contributed by atoms with E-state index in [-0.39, 0.29) is 6.42 Å². The van der Waals surface area contributed by atoms with Crippen molar-refractivity contribution in [3.8, 4) is 11.4 Å². The number of halogens is 1. The van der Waals surface area contributed by atoms with Gasteiger partial charge in [-0.2, -0.15) is 0 Å². The van der Waals surface area contributed by atoms with E-state index in [9.17, 15) is 4.79 Å². The highest BCUT2D eigenvalue weighted by molar-refractivity contribution is 9.10. The van der Waals surface area contributed by atoms with Crippen LogP contribution in [0.4, 0.5) is 0 Å². The highest BCUT2D eigenvalue weighted by Crippen LogP contribution is 2.28. The summed E-state index contributed by atoms with van der Waals surface area (Å²) >= 11 is 3.52. The maximum Gasteiger partial charge on any atom is 0.303 e. The van der Waals surface area contributed by atoms with Gasteiger partial charge in [0.25, 0.3) is 0 Å². The lowest BCUT2D eigenvalue weighted by Gasteiger charge is -2.07. The quantitative estimate of drug-likeness (QED) is 0.912. The summed E-state index contributed by atoms with van der Waals surface area (Å²) in [6, 6.07) is 5.86. The molecule has 0 aliphatic heterocycles. The van der Waals surface area contributed by atoms with E-state index in [4.69, 9.17) is 5.11 Å². The molecule has 0 bridgehead atoms. The topological polar surface area (TPSA) is 80.9 Å². The minimum absolute atomic E-state index is 0.105. The molecule has 0 radical (unpaired) electrons. The summed E-state index contributed by atoms with van der Waals surface area (Å²) in [5.74, 6) is -0.174. The van der Waals surface area contributed by atoms with Crippen LogP contribution in [0.2, 0.25) is 0 Å². The number of aliphatic carboxylic acids is 1. The van der Waals surface area contributed by atoms with E-state index < -0.39 is 5.97 Å². The minimum atomic E-state index is -0.814. The molecule has 0 spiro atoms. The molecule has 100 valence electrons. The zero-order valence-corrected chi connectivity index (χ0v) is 12.0. The lowest BCUT2D eigenvalue weighted by Crippen LogP contribution is -2.06. The number of aromatic nitrogens is 4. The molecule has 0 fully saturated rings. The number of carboxylic acids is 1. The Morgan fingerprint density at radius 1 is 1.47 bits per heavy atom. The van der Waals surface area contributed by atoms with Crippen molar-refractivity contribution >= 4 is 21.9 Å². The fourth-order valence-corrected chi connectivity index (χ4v) is 2.19. The molecule has 0 amide bonds. The first-order valence-corrected chi connectivity index (χ1v) is 6.62. The van der Waals surface area contributed by atoms with Crippen LogP contribution in [0, 0.1) is 6.92 Å². The van der Waals surface area contributed by atoms with Crippen LogP contribution in [0.3, 0.4) is 0 Å². The van der Waals surface area contributed by atoms with E-state index in [1.165, 1.54) is 0 Å². The van der Waals surface area contributed by atoms with E-state index in [2.05, 4.69) is 31.5 Å². The third-order valence-electron chi connectivity index (χ3n) is 2.73. The van der Waals surface area contributed by atoms with Gasteiger partial charge in [0, 0.05) is 23.0 Å².